The molecule has 1 aliphatic rings. The van der Waals surface area contributed by atoms with E-state index in [-0.39, 0.29) is 5.91 Å². The van der Waals surface area contributed by atoms with E-state index in [4.69, 9.17) is 37.7 Å². The number of amides is 1. The van der Waals surface area contributed by atoms with Crippen molar-refractivity contribution in [1.82, 2.24) is 4.90 Å². The Balaban J connectivity index is 1.62. The smallest absolute Gasteiger partial charge is 0.266 e. The summed E-state index contributed by atoms with van der Waals surface area (Å²) in [5.74, 6) is 1.22. The lowest BCUT2D eigenvalue weighted by Crippen LogP contribution is -2.29. The summed E-state index contributed by atoms with van der Waals surface area (Å²) < 4.78 is 12.9. The molecule has 192 valence electrons. The Hall–Kier alpha value is -2.20. The molecule has 1 saturated heterocycles. The summed E-state index contributed by atoms with van der Waals surface area (Å²) in [6.07, 6.45) is 2.70. The van der Waals surface area contributed by atoms with Gasteiger partial charge in [0, 0.05) is 16.6 Å². The summed E-state index contributed by atoms with van der Waals surface area (Å²) in [5, 5.41) is 1.96. The molecule has 0 N–H and O–H groups in total. The molecule has 5 nitrogen and oxygen atoms in total. The number of thioether (sulfide) groups is 1. The third-order valence-electron chi connectivity index (χ3n) is 5.29. The van der Waals surface area contributed by atoms with Crippen LogP contribution in [0.5, 0.6) is 11.5 Å². The van der Waals surface area contributed by atoms with Gasteiger partial charge in [-0.15, -0.1) is 0 Å². The highest BCUT2D eigenvalue weighted by Crippen LogP contribution is 2.38. The summed E-state index contributed by atoms with van der Waals surface area (Å²) in [5.41, 5.74) is 2.56. The van der Waals surface area contributed by atoms with E-state index in [1.165, 1.54) is 11.8 Å². The van der Waals surface area contributed by atoms with Crippen LogP contribution in [0.1, 0.15) is 31.4 Å². The number of hydrogen-bond donors (Lipinski definition) is 0. The molecule has 9 heteroatoms. The van der Waals surface area contributed by atoms with Crippen LogP contribution in [-0.4, -0.2) is 29.1 Å². The molecule has 0 aliphatic carbocycles. The number of hydrogen-bond acceptors (Lipinski definition) is 5. The standard InChI is InChI=1S/C28H25Cl2IN2O3S/c1-3-12-33-27(34)25(37-28(33)32-22-10-8-20(29)9-11-22)16-19-14-23(31)26(24(15-19)35-4-2)36-17-18-6-5-7-21(30)13-18/h5-11,13-16H,3-4,12,17H2,1-2H3/b25-16-,32-28?. The zero-order valence-electron chi connectivity index (χ0n) is 20.3. The normalized spacial score (nSPS) is 15.6. The van der Waals surface area contributed by atoms with Gasteiger partial charge in [-0.25, -0.2) is 4.99 Å². The van der Waals surface area contributed by atoms with Crippen molar-refractivity contribution < 1.29 is 14.3 Å². The van der Waals surface area contributed by atoms with Gasteiger partial charge < -0.3 is 9.47 Å². The molecule has 0 radical (unpaired) electrons. The van der Waals surface area contributed by atoms with Gasteiger partial charge in [-0.2, -0.15) is 0 Å². The van der Waals surface area contributed by atoms with Crippen LogP contribution in [0.4, 0.5) is 5.69 Å². The largest absolute Gasteiger partial charge is 0.490 e. The SMILES string of the molecule is CCCN1C(=O)/C(=C/c2cc(I)c(OCc3cccc(Cl)c3)c(OCC)c2)SC1=Nc1ccc(Cl)cc1. The van der Waals surface area contributed by atoms with Crippen molar-refractivity contribution >= 4 is 80.4 Å². The highest BCUT2D eigenvalue weighted by atomic mass is 127. The fourth-order valence-electron chi connectivity index (χ4n) is 3.65. The van der Waals surface area contributed by atoms with Gasteiger partial charge in [-0.1, -0.05) is 42.3 Å². The van der Waals surface area contributed by atoms with Crippen molar-refractivity contribution in [3.8, 4) is 11.5 Å². The predicted octanol–water partition coefficient (Wildman–Crippen LogP) is 8.59. The van der Waals surface area contributed by atoms with Crippen molar-refractivity contribution in [3.63, 3.8) is 0 Å². The van der Waals surface area contributed by atoms with E-state index in [2.05, 4.69) is 22.6 Å². The van der Waals surface area contributed by atoms with E-state index < -0.39 is 0 Å². The highest BCUT2D eigenvalue weighted by molar-refractivity contribution is 14.1. The molecule has 4 rings (SSSR count). The average Bonchev–Trinajstić information content (AvgIpc) is 3.14. The van der Waals surface area contributed by atoms with E-state index in [1.54, 1.807) is 17.0 Å². The average molecular weight is 667 g/mol. The first kappa shape index (κ1) is 27.8. The Morgan fingerprint density at radius 1 is 1.03 bits per heavy atom. The van der Waals surface area contributed by atoms with Gasteiger partial charge in [0.2, 0.25) is 0 Å². The van der Waals surface area contributed by atoms with Crippen molar-refractivity contribution in [3.05, 3.63) is 90.3 Å². The molecule has 3 aromatic rings. The van der Waals surface area contributed by atoms with E-state index in [0.29, 0.717) is 51.4 Å². The summed E-state index contributed by atoms with van der Waals surface area (Å²) in [6.45, 7) is 5.41. The van der Waals surface area contributed by atoms with E-state index in [9.17, 15) is 4.79 Å². The van der Waals surface area contributed by atoms with E-state index in [1.807, 2.05) is 68.5 Å². The van der Waals surface area contributed by atoms with Crippen LogP contribution in [0.2, 0.25) is 10.0 Å². The number of carbonyl (C=O) groups excluding carboxylic acids is 1. The van der Waals surface area contributed by atoms with Crippen molar-refractivity contribution in [2.24, 2.45) is 4.99 Å². The van der Waals surface area contributed by atoms with Gasteiger partial charge in [0.1, 0.15) is 6.61 Å². The first-order valence-corrected chi connectivity index (χ1v) is 14.4. The molecule has 0 unspecified atom stereocenters. The Morgan fingerprint density at radius 2 is 1.81 bits per heavy atom. The highest BCUT2D eigenvalue weighted by Gasteiger charge is 2.33. The fraction of sp³-hybridized carbons (Fsp3) is 0.214. The lowest BCUT2D eigenvalue weighted by Gasteiger charge is -2.15. The molecule has 0 aromatic heterocycles. The maximum atomic E-state index is 13.3. The lowest BCUT2D eigenvalue weighted by atomic mass is 10.1. The summed E-state index contributed by atoms with van der Waals surface area (Å²) in [6, 6.07) is 18.7. The number of halogens is 3. The van der Waals surface area contributed by atoms with Crippen molar-refractivity contribution in [1.29, 1.82) is 0 Å². The second kappa shape index (κ2) is 13.0. The van der Waals surface area contributed by atoms with Crippen molar-refractivity contribution in [2.75, 3.05) is 13.2 Å². The molecule has 37 heavy (non-hydrogen) atoms. The van der Waals surface area contributed by atoms with Crippen LogP contribution in [0, 0.1) is 3.57 Å². The minimum Gasteiger partial charge on any atom is -0.490 e. The number of rotatable bonds is 9. The van der Waals surface area contributed by atoms with Crippen molar-refractivity contribution in [2.45, 2.75) is 26.9 Å². The molecular weight excluding hydrogens is 642 g/mol. The van der Waals surface area contributed by atoms with Crippen LogP contribution in [-0.2, 0) is 11.4 Å². The van der Waals surface area contributed by atoms with Gasteiger partial charge in [-0.05, 0) is 113 Å². The maximum absolute atomic E-state index is 13.3. The molecule has 0 saturated carbocycles. The van der Waals surface area contributed by atoms with Gasteiger partial charge in [0.05, 0.1) is 20.8 Å². The lowest BCUT2D eigenvalue weighted by molar-refractivity contribution is -0.122. The zero-order chi connectivity index (χ0) is 26.4. The summed E-state index contributed by atoms with van der Waals surface area (Å²) >= 11 is 15.7. The van der Waals surface area contributed by atoms with E-state index in [0.717, 1.165) is 26.8 Å². The fourth-order valence-corrected chi connectivity index (χ4v) is 5.79. The quantitative estimate of drug-likeness (QED) is 0.170. The number of benzene rings is 3. The Kier molecular flexibility index (Phi) is 9.81. The zero-order valence-corrected chi connectivity index (χ0v) is 24.8. The summed E-state index contributed by atoms with van der Waals surface area (Å²) in [4.78, 5) is 20.3. The molecule has 1 aliphatic heterocycles. The third-order valence-corrected chi connectivity index (χ3v) is 7.58. The van der Waals surface area contributed by atoms with Gasteiger partial charge in [0.15, 0.2) is 16.7 Å². The van der Waals surface area contributed by atoms with E-state index >= 15 is 0 Å². The molecule has 1 amide bonds. The molecule has 0 spiro atoms. The van der Waals surface area contributed by atoms with Crippen LogP contribution in [0.3, 0.4) is 0 Å². The second-order valence-electron chi connectivity index (χ2n) is 8.12. The van der Waals surface area contributed by atoms with Gasteiger partial charge in [-0.3, -0.25) is 9.69 Å². The number of ether oxygens (including phenoxy) is 2. The van der Waals surface area contributed by atoms with Crippen LogP contribution >= 0.6 is 57.6 Å². The molecule has 3 aromatic carbocycles. The maximum Gasteiger partial charge on any atom is 0.266 e. The Morgan fingerprint density at radius 3 is 2.51 bits per heavy atom. The topological polar surface area (TPSA) is 51.1 Å². The monoisotopic (exact) mass is 666 g/mol. The molecule has 0 bridgehead atoms. The molecule has 1 heterocycles. The Bertz CT molecular complexity index is 1350. The molecule has 1 fully saturated rings. The molecule has 0 atom stereocenters. The Labute approximate surface area is 245 Å². The van der Waals surface area contributed by atoms with Crippen LogP contribution in [0.15, 0.2) is 70.6 Å². The first-order valence-electron chi connectivity index (χ1n) is 11.8. The first-order chi connectivity index (χ1) is 17.9. The summed E-state index contributed by atoms with van der Waals surface area (Å²) in [7, 11) is 0. The van der Waals surface area contributed by atoms with Gasteiger partial charge in [0.25, 0.3) is 5.91 Å². The minimum absolute atomic E-state index is 0.0613. The number of nitrogens with zero attached hydrogens (tertiary/aromatic N) is 2. The minimum atomic E-state index is -0.0613. The van der Waals surface area contributed by atoms with Gasteiger partial charge >= 0.3 is 0 Å². The predicted molar refractivity (Wildman–Crippen MR) is 162 cm³/mol. The van der Waals surface area contributed by atoms with Crippen LogP contribution < -0.4 is 9.47 Å². The third kappa shape index (κ3) is 7.22. The molecular formula is C28H25Cl2IN2O3S. The van der Waals surface area contributed by atoms with Crippen LogP contribution in [0.25, 0.3) is 6.08 Å². The second-order valence-corrected chi connectivity index (χ2v) is 11.2. The number of carbonyl (C=O) groups is 1. The number of amidine groups is 1. The number of aliphatic imine (C=N–C) groups is 1.